The highest BCUT2D eigenvalue weighted by Gasteiger charge is 2.21. The molecule has 3 rings (SSSR count). The Labute approximate surface area is 171 Å². The number of ketones is 1. The minimum absolute atomic E-state index is 0.125. The Kier molecular flexibility index (Phi) is 7.50. The fourth-order valence-electron chi connectivity index (χ4n) is 3.27. The highest BCUT2D eigenvalue weighted by atomic mass is 32.2. The highest BCUT2D eigenvalue weighted by Crippen LogP contribution is 2.25. The third kappa shape index (κ3) is 5.35. The van der Waals surface area contributed by atoms with Crippen LogP contribution in [-0.2, 0) is 17.7 Å². The van der Waals surface area contributed by atoms with E-state index < -0.39 is 0 Å². The number of aromatic nitrogens is 3. The molecule has 6 nitrogen and oxygen atoms in total. The molecular weight excluding hydrogens is 372 g/mol. The average molecular weight is 403 g/mol. The SMILES string of the molecule is CCCc1ccc(C(=O)CSc2nnc(N3CCOCC3)n2CC(C)C)cc1. The quantitative estimate of drug-likeness (QED) is 0.471. The van der Waals surface area contributed by atoms with Gasteiger partial charge >= 0.3 is 0 Å². The van der Waals surface area contributed by atoms with Gasteiger partial charge in [-0.2, -0.15) is 0 Å². The van der Waals surface area contributed by atoms with Gasteiger partial charge in [-0.3, -0.25) is 9.36 Å². The van der Waals surface area contributed by atoms with Gasteiger partial charge in [0.25, 0.3) is 0 Å². The first-order valence-corrected chi connectivity index (χ1v) is 11.1. The van der Waals surface area contributed by atoms with Crippen molar-refractivity contribution in [1.29, 1.82) is 0 Å². The number of morpholine rings is 1. The van der Waals surface area contributed by atoms with Crippen molar-refractivity contribution in [3.63, 3.8) is 0 Å². The number of carbonyl (C=O) groups excluding carboxylic acids is 1. The minimum atomic E-state index is 0.125. The number of hydrogen-bond acceptors (Lipinski definition) is 6. The van der Waals surface area contributed by atoms with Crippen LogP contribution in [0.5, 0.6) is 0 Å². The Morgan fingerprint density at radius 2 is 1.89 bits per heavy atom. The third-order valence-corrected chi connectivity index (χ3v) is 5.65. The number of hydrogen-bond donors (Lipinski definition) is 0. The Morgan fingerprint density at radius 1 is 1.18 bits per heavy atom. The van der Waals surface area contributed by atoms with E-state index in [4.69, 9.17) is 4.74 Å². The number of nitrogens with zero attached hydrogens (tertiary/aromatic N) is 4. The lowest BCUT2D eigenvalue weighted by Gasteiger charge is -2.28. The van der Waals surface area contributed by atoms with E-state index in [2.05, 4.69) is 52.6 Å². The molecule has 7 heteroatoms. The molecule has 0 bridgehead atoms. The summed E-state index contributed by atoms with van der Waals surface area (Å²) in [5.74, 6) is 1.85. The number of carbonyl (C=O) groups is 1. The summed E-state index contributed by atoms with van der Waals surface area (Å²) >= 11 is 1.47. The lowest BCUT2D eigenvalue weighted by molar-refractivity contribution is 0.102. The molecule has 0 radical (unpaired) electrons. The summed E-state index contributed by atoms with van der Waals surface area (Å²) in [5.41, 5.74) is 2.04. The second-order valence-electron chi connectivity index (χ2n) is 7.55. The van der Waals surface area contributed by atoms with Crippen molar-refractivity contribution in [1.82, 2.24) is 14.8 Å². The molecule has 2 aromatic rings. The molecule has 0 amide bonds. The Morgan fingerprint density at radius 3 is 2.54 bits per heavy atom. The second kappa shape index (κ2) is 10.1. The molecule has 28 heavy (non-hydrogen) atoms. The molecule has 1 saturated heterocycles. The molecule has 2 heterocycles. The number of Topliss-reactive ketones (excluding diaryl/α,β-unsaturated/α-hetero) is 1. The molecule has 1 fully saturated rings. The van der Waals surface area contributed by atoms with Crippen LogP contribution < -0.4 is 4.90 Å². The summed E-state index contributed by atoms with van der Waals surface area (Å²) in [6, 6.07) is 7.98. The van der Waals surface area contributed by atoms with Crippen molar-refractivity contribution in [3.8, 4) is 0 Å². The molecule has 0 atom stereocenters. The van der Waals surface area contributed by atoms with E-state index in [1.54, 1.807) is 0 Å². The second-order valence-corrected chi connectivity index (χ2v) is 8.49. The van der Waals surface area contributed by atoms with Crippen LogP contribution >= 0.6 is 11.8 Å². The van der Waals surface area contributed by atoms with Gasteiger partial charge in [-0.05, 0) is 17.9 Å². The maximum absolute atomic E-state index is 12.6. The Bertz CT molecular complexity index is 767. The van der Waals surface area contributed by atoms with Crippen LogP contribution in [0.3, 0.4) is 0 Å². The average Bonchev–Trinajstić information content (AvgIpc) is 3.09. The van der Waals surface area contributed by atoms with Gasteiger partial charge in [0, 0.05) is 25.2 Å². The number of thioether (sulfide) groups is 1. The maximum Gasteiger partial charge on any atom is 0.228 e. The third-order valence-electron chi connectivity index (χ3n) is 4.69. The lowest BCUT2D eigenvalue weighted by Crippen LogP contribution is -2.38. The van der Waals surface area contributed by atoms with E-state index >= 15 is 0 Å². The van der Waals surface area contributed by atoms with E-state index in [0.717, 1.165) is 49.1 Å². The molecule has 0 saturated carbocycles. The van der Waals surface area contributed by atoms with E-state index in [9.17, 15) is 4.79 Å². The summed E-state index contributed by atoms with van der Waals surface area (Å²) in [5, 5.41) is 9.63. The van der Waals surface area contributed by atoms with Crippen LogP contribution in [0, 0.1) is 5.92 Å². The summed E-state index contributed by atoms with van der Waals surface area (Å²) in [7, 11) is 0. The van der Waals surface area contributed by atoms with Gasteiger partial charge in [-0.1, -0.05) is 63.2 Å². The maximum atomic E-state index is 12.6. The van der Waals surface area contributed by atoms with Crippen LogP contribution in [0.1, 0.15) is 43.1 Å². The molecule has 0 spiro atoms. The Hall–Kier alpha value is -1.86. The van der Waals surface area contributed by atoms with E-state index in [1.807, 2.05) is 12.1 Å². The summed E-state index contributed by atoms with van der Waals surface area (Å²) in [4.78, 5) is 14.8. The number of rotatable bonds is 9. The standard InChI is InChI=1S/C21H30N4O2S/c1-4-5-17-6-8-18(9-7-17)19(26)15-28-21-23-22-20(25(21)14-16(2)3)24-10-12-27-13-11-24/h6-9,16H,4-5,10-15H2,1-3H3. The van der Waals surface area contributed by atoms with Gasteiger partial charge in [0.15, 0.2) is 10.9 Å². The van der Waals surface area contributed by atoms with E-state index in [0.29, 0.717) is 24.9 Å². The molecule has 0 aliphatic carbocycles. The largest absolute Gasteiger partial charge is 0.378 e. The summed E-state index contributed by atoms with van der Waals surface area (Å²) < 4.78 is 7.60. The lowest BCUT2D eigenvalue weighted by atomic mass is 10.1. The molecule has 1 aromatic heterocycles. The van der Waals surface area contributed by atoms with Crippen molar-refractivity contribution in [2.24, 2.45) is 5.92 Å². The number of benzene rings is 1. The van der Waals surface area contributed by atoms with Crippen molar-refractivity contribution in [2.75, 3.05) is 37.0 Å². The highest BCUT2D eigenvalue weighted by molar-refractivity contribution is 7.99. The van der Waals surface area contributed by atoms with Crippen molar-refractivity contribution < 1.29 is 9.53 Å². The predicted molar refractivity (Wildman–Crippen MR) is 113 cm³/mol. The molecular formula is C21H30N4O2S. The summed E-state index contributed by atoms with van der Waals surface area (Å²) in [6.07, 6.45) is 2.16. The smallest absolute Gasteiger partial charge is 0.228 e. The number of anilines is 1. The molecule has 1 aromatic carbocycles. The first kappa shape index (κ1) is 20.9. The number of ether oxygens (including phenoxy) is 1. The topological polar surface area (TPSA) is 60.3 Å². The van der Waals surface area contributed by atoms with Crippen LogP contribution in [0.25, 0.3) is 0 Å². The molecule has 0 N–H and O–H groups in total. The van der Waals surface area contributed by atoms with Crippen molar-refractivity contribution in [2.45, 2.75) is 45.3 Å². The first-order chi connectivity index (χ1) is 13.6. The molecule has 152 valence electrons. The van der Waals surface area contributed by atoms with E-state index in [1.165, 1.54) is 17.3 Å². The summed E-state index contributed by atoms with van der Waals surface area (Å²) in [6.45, 7) is 10.4. The predicted octanol–water partition coefficient (Wildman–Crippen LogP) is 3.70. The van der Waals surface area contributed by atoms with Crippen LogP contribution in [0.2, 0.25) is 0 Å². The van der Waals surface area contributed by atoms with E-state index in [-0.39, 0.29) is 5.78 Å². The zero-order valence-electron chi connectivity index (χ0n) is 17.1. The number of aryl methyl sites for hydroxylation is 1. The van der Waals surface area contributed by atoms with Gasteiger partial charge in [0.05, 0.1) is 19.0 Å². The molecule has 0 unspecified atom stereocenters. The van der Waals surface area contributed by atoms with Gasteiger partial charge in [-0.25, -0.2) is 0 Å². The molecule has 1 aliphatic heterocycles. The fraction of sp³-hybridized carbons (Fsp3) is 0.571. The van der Waals surface area contributed by atoms with Crippen LogP contribution in [-0.4, -0.2) is 52.6 Å². The van der Waals surface area contributed by atoms with Gasteiger partial charge < -0.3 is 9.64 Å². The zero-order valence-corrected chi connectivity index (χ0v) is 17.9. The normalized spacial score (nSPS) is 14.6. The van der Waals surface area contributed by atoms with Gasteiger partial charge in [-0.15, -0.1) is 10.2 Å². The minimum Gasteiger partial charge on any atom is -0.378 e. The zero-order chi connectivity index (χ0) is 19.9. The van der Waals surface area contributed by atoms with Gasteiger partial charge in [0.2, 0.25) is 5.95 Å². The van der Waals surface area contributed by atoms with Crippen LogP contribution in [0.15, 0.2) is 29.4 Å². The Balaban J connectivity index is 1.68. The molecule has 1 aliphatic rings. The monoisotopic (exact) mass is 402 g/mol. The first-order valence-electron chi connectivity index (χ1n) is 10.1. The van der Waals surface area contributed by atoms with Crippen molar-refractivity contribution >= 4 is 23.5 Å². The fourth-order valence-corrected chi connectivity index (χ4v) is 4.11. The van der Waals surface area contributed by atoms with Crippen molar-refractivity contribution in [3.05, 3.63) is 35.4 Å². The van der Waals surface area contributed by atoms with Gasteiger partial charge in [0.1, 0.15) is 0 Å². The van der Waals surface area contributed by atoms with Crippen LogP contribution in [0.4, 0.5) is 5.95 Å².